The first kappa shape index (κ1) is 17.1. The van der Waals surface area contributed by atoms with Gasteiger partial charge in [-0.1, -0.05) is 78.9 Å². The van der Waals surface area contributed by atoms with Crippen molar-refractivity contribution in [3.63, 3.8) is 0 Å². The standard InChI is InChI=1S/C20H16O4S/c21-19(16-10-4-1-5-11-16)20(17-12-6-2-7-13-17)24-25(22,23)18-14-8-3-9-15-18/h1-15,20H. The maximum atomic E-state index is 12.9. The van der Waals surface area contributed by atoms with Crippen LogP contribution in [0.3, 0.4) is 0 Å². The van der Waals surface area contributed by atoms with Crippen molar-refractivity contribution in [1.82, 2.24) is 0 Å². The Hall–Kier alpha value is -2.76. The van der Waals surface area contributed by atoms with Crippen LogP contribution in [-0.2, 0) is 14.3 Å². The molecule has 4 nitrogen and oxygen atoms in total. The van der Waals surface area contributed by atoms with Crippen molar-refractivity contribution in [2.45, 2.75) is 11.0 Å². The number of ketones is 1. The van der Waals surface area contributed by atoms with E-state index in [4.69, 9.17) is 4.18 Å². The second-order valence-electron chi connectivity index (χ2n) is 5.38. The minimum absolute atomic E-state index is 0.0109. The van der Waals surface area contributed by atoms with E-state index in [1.807, 2.05) is 0 Å². The summed E-state index contributed by atoms with van der Waals surface area (Å²) in [4.78, 5) is 12.9. The van der Waals surface area contributed by atoms with E-state index in [-0.39, 0.29) is 4.90 Å². The number of hydrogen-bond donors (Lipinski definition) is 0. The van der Waals surface area contributed by atoms with Gasteiger partial charge in [-0.2, -0.15) is 8.42 Å². The van der Waals surface area contributed by atoms with Gasteiger partial charge in [-0.05, 0) is 17.7 Å². The van der Waals surface area contributed by atoms with Gasteiger partial charge in [0.15, 0.2) is 11.9 Å². The highest BCUT2D eigenvalue weighted by molar-refractivity contribution is 7.86. The van der Waals surface area contributed by atoms with Crippen molar-refractivity contribution < 1.29 is 17.4 Å². The summed E-state index contributed by atoms with van der Waals surface area (Å²) >= 11 is 0. The fourth-order valence-electron chi connectivity index (χ4n) is 2.40. The summed E-state index contributed by atoms with van der Waals surface area (Å²) in [6.45, 7) is 0. The highest BCUT2D eigenvalue weighted by Gasteiger charge is 2.29. The first-order chi connectivity index (χ1) is 12.1. The van der Waals surface area contributed by atoms with E-state index in [1.54, 1.807) is 78.9 Å². The Kier molecular flexibility index (Phi) is 5.07. The number of benzene rings is 3. The highest BCUT2D eigenvalue weighted by Crippen LogP contribution is 2.27. The van der Waals surface area contributed by atoms with Crippen molar-refractivity contribution in [1.29, 1.82) is 0 Å². The highest BCUT2D eigenvalue weighted by atomic mass is 32.2. The molecule has 0 amide bonds. The predicted molar refractivity (Wildman–Crippen MR) is 94.7 cm³/mol. The quantitative estimate of drug-likeness (QED) is 0.497. The molecule has 1 atom stereocenters. The van der Waals surface area contributed by atoms with Crippen LogP contribution in [0.4, 0.5) is 0 Å². The third kappa shape index (κ3) is 4.02. The predicted octanol–water partition coefficient (Wildman–Crippen LogP) is 4.02. The zero-order valence-electron chi connectivity index (χ0n) is 13.3. The number of carbonyl (C=O) groups excluding carboxylic acids is 1. The molecule has 1 unspecified atom stereocenters. The summed E-state index contributed by atoms with van der Waals surface area (Å²) in [5.41, 5.74) is 0.871. The SMILES string of the molecule is O=C(c1ccccc1)C(OS(=O)(=O)c1ccccc1)c1ccccc1. The van der Waals surface area contributed by atoms with Crippen LogP contribution in [0.5, 0.6) is 0 Å². The van der Waals surface area contributed by atoms with Crippen molar-refractivity contribution in [2.24, 2.45) is 0 Å². The Morgan fingerprint density at radius 2 is 1.20 bits per heavy atom. The van der Waals surface area contributed by atoms with Crippen LogP contribution in [0.15, 0.2) is 95.9 Å². The number of Topliss-reactive ketones (excluding diaryl/α,β-unsaturated/α-hetero) is 1. The summed E-state index contributed by atoms with van der Waals surface area (Å²) in [5.74, 6) is -0.411. The fourth-order valence-corrected chi connectivity index (χ4v) is 3.46. The molecule has 0 aliphatic heterocycles. The molecule has 3 aromatic rings. The largest absolute Gasteiger partial charge is 0.298 e. The lowest BCUT2D eigenvalue weighted by molar-refractivity contribution is 0.0801. The number of rotatable bonds is 6. The molecule has 0 radical (unpaired) electrons. The first-order valence-corrected chi connectivity index (χ1v) is 9.11. The van der Waals surface area contributed by atoms with E-state index in [1.165, 1.54) is 12.1 Å². The second kappa shape index (κ2) is 7.42. The molecular weight excluding hydrogens is 336 g/mol. The summed E-state index contributed by atoms with van der Waals surface area (Å²) in [6, 6.07) is 24.9. The second-order valence-corrected chi connectivity index (χ2v) is 6.96. The smallest absolute Gasteiger partial charge is 0.291 e. The van der Waals surface area contributed by atoms with E-state index in [0.29, 0.717) is 11.1 Å². The van der Waals surface area contributed by atoms with E-state index < -0.39 is 22.0 Å². The van der Waals surface area contributed by atoms with Crippen LogP contribution in [0.2, 0.25) is 0 Å². The molecule has 5 heteroatoms. The molecule has 3 rings (SSSR count). The zero-order valence-corrected chi connectivity index (χ0v) is 14.1. The monoisotopic (exact) mass is 352 g/mol. The van der Waals surface area contributed by atoms with Crippen LogP contribution >= 0.6 is 0 Å². The van der Waals surface area contributed by atoms with Crippen LogP contribution in [-0.4, -0.2) is 14.2 Å². The average Bonchev–Trinajstić information content (AvgIpc) is 2.68. The van der Waals surface area contributed by atoms with Crippen molar-refractivity contribution in [3.05, 3.63) is 102 Å². The molecule has 0 aliphatic rings. The minimum atomic E-state index is -4.08. The van der Waals surface area contributed by atoms with E-state index >= 15 is 0 Å². The summed E-state index contributed by atoms with van der Waals surface area (Å²) < 4.78 is 30.5. The van der Waals surface area contributed by atoms with Crippen LogP contribution in [0, 0.1) is 0 Å². The van der Waals surface area contributed by atoms with Crippen molar-refractivity contribution >= 4 is 15.9 Å². The molecule has 0 N–H and O–H groups in total. The van der Waals surface area contributed by atoms with Crippen molar-refractivity contribution in [3.8, 4) is 0 Å². The Morgan fingerprint density at radius 1 is 0.720 bits per heavy atom. The lowest BCUT2D eigenvalue weighted by Crippen LogP contribution is -2.20. The molecule has 0 bridgehead atoms. The molecule has 0 aliphatic carbocycles. The number of hydrogen-bond acceptors (Lipinski definition) is 4. The van der Waals surface area contributed by atoms with Crippen LogP contribution < -0.4 is 0 Å². The molecule has 126 valence electrons. The topological polar surface area (TPSA) is 60.4 Å². The first-order valence-electron chi connectivity index (χ1n) is 7.70. The Balaban J connectivity index is 1.99. The van der Waals surface area contributed by atoms with Gasteiger partial charge in [-0.15, -0.1) is 0 Å². The van der Waals surface area contributed by atoms with Gasteiger partial charge in [0.25, 0.3) is 10.1 Å². The van der Waals surface area contributed by atoms with Gasteiger partial charge in [0.1, 0.15) is 0 Å². The zero-order chi connectivity index (χ0) is 17.7. The molecule has 0 fully saturated rings. The molecule has 0 saturated heterocycles. The molecule has 0 spiro atoms. The maximum Gasteiger partial charge on any atom is 0.298 e. The van der Waals surface area contributed by atoms with Gasteiger partial charge in [0.05, 0.1) is 4.90 Å². The van der Waals surface area contributed by atoms with Crippen LogP contribution in [0.1, 0.15) is 22.0 Å². The van der Waals surface area contributed by atoms with Gasteiger partial charge < -0.3 is 0 Å². The van der Waals surface area contributed by atoms with Gasteiger partial charge in [-0.3, -0.25) is 4.79 Å². The van der Waals surface area contributed by atoms with Gasteiger partial charge in [0.2, 0.25) is 0 Å². The van der Waals surface area contributed by atoms with E-state index in [2.05, 4.69) is 0 Å². The molecule has 25 heavy (non-hydrogen) atoms. The Bertz CT molecular complexity index is 937. The fraction of sp³-hybridized carbons (Fsp3) is 0.0500. The minimum Gasteiger partial charge on any atom is -0.291 e. The molecule has 3 aromatic carbocycles. The third-order valence-electron chi connectivity index (χ3n) is 3.65. The van der Waals surface area contributed by atoms with Crippen molar-refractivity contribution in [2.75, 3.05) is 0 Å². The van der Waals surface area contributed by atoms with Gasteiger partial charge in [-0.25, -0.2) is 4.18 Å². The summed E-state index contributed by atoms with van der Waals surface area (Å²) in [6.07, 6.45) is -1.24. The maximum absolute atomic E-state index is 12.9. The lowest BCUT2D eigenvalue weighted by atomic mass is 10.0. The third-order valence-corrected chi connectivity index (χ3v) is 4.95. The average molecular weight is 352 g/mol. The van der Waals surface area contributed by atoms with Gasteiger partial charge in [0, 0.05) is 5.56 Å². The molecular formula is C20H16O4S. The molecule has 0 aromatic heterocycles. The Morgan fingerprint density at radius 3 is 1.76 bits per heavy atom. The van der Waals surface area contributed by atoms with E-state index in [0.717, 1.165) is 0 Å². The van der Waals surface area contributed by atoms with Crippen LogP contribution in [0.25, 0.3) is 0 Å². The molecule has 0 saturated carbocycles. The summed E-state index contributed by atoms with van der Waals surface area (Å²) in [5, 5.41) is 0. The number of carbonyl (C=O) groups is 1. The normalized spacial score (nSPS) is 12.5. The Labute approximate surface area is 146 Å². The van der Waals surface area contributed by atoms with Gasteiger partial charge >= 0.3 is 0 Å². The lowest BCUT2D eigenvalue weighted by Gasteiger charge is -2.17. The summed E-state index contributed by atoms with van der Waals surface area (Å²) in [7, 11) is -4.08. The molecule has 0 heterocycles. The van der Waals surface area contributed by atoms with E-state index in [9.17, 15) is 13.2 Å².